The molecule has 1 N–H and O–H groups in total. The Morgan fingerprint density at radius 3 is 2.85 bits per heavy atom. The lowest BCUT2D eigenvalue weighted by atomic mass is 9.90. The lowest BCUT2D eigenvalue weighted by molar-refractivity contribution is -0.120. The van der Waals surface area contributed by atoms with Crippen LogP contribution in [0.1, 0.15) is 39.7 Å². The summed E-state index contributed by atoms with van der Waals surface area (Å²) >= 11 is 1.35. The number of rotatable bonds is 7. The van der Waals surface area contributed by atoms with Gasteiger partial charge >= 0.3 is 0 Å². The maximum Gasteiger partial charge on any atom is 0.231 e. The van der Waals surface area contributed by atoms with Crippen LogP contribution in [0.3, 0.4) is 0 Å². The van der Waals surface area contributed by atoms with E-state index in [2.05, 4.69) is 31.1 Å². The van der Waals surface area contributed by atoms with Crippen LogP contribution in [0.25, 0.3) is 11.4 Å². The second-order valence-electron chi connectivity index (χ2n) is 6.95. The molecule has 0 aromatic carbocycles. The van der Waals surface area contributed by atoms with Gasteiger partial charge in [-0.15, -0.1) is 10.2 Å². The Bertz CT molecular complexity index is 824. The van der Waals surface area contributed by atoms with Crippen LogP contribution in [0.15, 0.2) is 29.7 Å². The highest BCUT2D eigenvalue weighted by atomic mass is 32.2. The number of nitrogens with zero attached hydrogens (tertiary/aromatic N) is 5. The summed E-state index contributed by atoms with van der Waals surface area (Å²) in [5, 5.41) is 21.5. The first kappa shape index (κ1) is 18.4. The normalized spacial score (nSPS) is 16.1. The SMILES string of the molecule is CC(C)C(C)(C#N)NC(=O)CSc1nnc(-c2cccnc2)n1C1CC1. The van der Waals surface area contributed by atoms with Crippen LogP contribution in [0.2, 0.25) is 0 Å². The van der Waals surface area contributed by atoms with Crippen LogP contribution >= 0.6 is 11.8 Å². The zero-order valence-corrected chi connectivity index (χ0v) is 16.0. The fourth-order valence-electron chi connectivity index (χ4n) is 2.49. The number of pyridine rings is 1. The minimum Gasteiger partial charge on any atom is -0.337 e. The average molecular weight is 370 g/mol. The number of carbonyl (C=O) groups excluding carboxylic acids is 1. The Morgan fingerprint density at radius 2 is 2.27 bits per heavy atom. The molecule has 1 unspecified atom stereocenters. The van der Waals surface area contributed by atoms with E-state index in [0.29, 0.717) is 6.04 Å². The van der Waals surface area contributed by atoms with Crippen molar-refractivity contribution in [3.8, 4) is 17.5 Å². The van der Waals surface area contributed by atoms with E-state index in [-0.39, 0.29) is 17.6 Å². The molecule has 1 atom stereocenters. The topological polar surface area (TPSA) is 96.5 Å². The molecule has 0 spiro atoms. The van der Waals surface area contributed by atoms with E-state index in [4.69, 9.17) is 0 Å². The smallest absolute Gasteiger partial charge is 0.231 e. The molecular weight excluding hydrogens is 348 g/mol. The number of nitrogens with one attached hydrogen (secondary N) is 1. The molecule has 2 aromatic heterocycles. The van der Waals surface area contributed by atoms with Crippen molar-refractivity contribution in [3.05, 3.63) is 24.5 Å². The van der Waals surface area contributed by atoms with Crippen molar-refractivity contribution in [1.29, 1.82) is 5.26 Å². The van der Waals surface area contributed by atoms with Gasteiger partial charge in [-0.2, -0.15) is 5.26 Å². The van der Waals surface area contributed by atoms with Gasteiger partial charge < -0.3 is 5.32 Å². The Morgan fingerprint density at radius 1 is 1.50 bits per heavy atom. The third-order valence-electron chi connectivity index (χ3n) is 4.61. The molecule has 136 valence electrons. The standard InChI is InChI=1S/C18H22N6OS/c1-12(2)18(3,11-19)21-15(25)10-26-17-23-22-16(24(17)14-6-7-14)13-5-4-8-20-9-13/h4-5,8-9,12,14H,6-7,10H2,1-3H3,(H,21,25). The number of amides is 1. The molecule has 7 nitrogen and oxygen atoms in total. The van der Waals surface area contributed by atoms with Gasteiger partial charge in [-0.25, -0.2) is 0 Å². The molecule has 8 heteroatoms. The summed E-state index contributed by atoms with van der Waals surface area (Å²) in [6.07, 6.45) is 5.67. The van der Waals surface area contributed by atoms with Crippen LogP contribution in [0, 0.1) is 17.2 Å². The van der Waals surface area contributed by atoms with Gasteiger partial charge in [0.25, 0.3) is 0 Å². The minimum atomic E-state index is -0.872. The van der Waals surface area contributed by atoms with Gasteiger partial charge in [0.2, 0.25) is 5.91 Å². The number of hydrogen-bond donors (Lipinski definition) is 1. The molecule has 26 heavy (non-hydrogen) atoms. The van der Waals surface area contributed by atoms with Gasteiger partial charge in [-0.1, -0.05) is 25.6 Å². The predicted molar refractivity (Wildman–Crippen MR) is 99.2 cm³/mol. The maximum absolute atomic E-state index is 12.3. The van der Waals surface area contributed by atoms with Crippen molar-refractivity contribution in [2.24, 2.45) is 5.92 Å². The zero-order valence-electron chi connectivity index (χ0n) is 15.1. The number of aromatic nitrogens is 4. The number of hydrogen-bond acceptors (Lipinski definition) is 6. The lowest BCUT2D eigenvalue weighted by Gasteiger charge is -2.27. The lowest BCUT2D eigenvalue weighted by Crippen LogP contribution is -2.49. The van der Waals surface area contributed by atoms with Crippen molar-refractivity contribution in [2.45, 2.75) is 50.4 Å². The molecule has 2 heterocycles. The molecular formula is C18H22N6OS. The Hall–Kier alpha value is -2.40. The van der Waals surface area contributed by atoms with E-state index in [1.54, 1.807) is 19.3 Å². The van der Waals surface area contributed by atoms with Gasteiger partial charge in [-0.3, -0.25) is 14.3 Å². The van der Waals surface area contributed by atoms with Gasteiger partial charge in [0, 0.05) is 24.0 Å². The van der Waals surface area contributed by atoms with Crippen molar-refractivity contribution < 1.29 is 4.79 Å². The van der Waals surface area contributed by atoms with Crippen LogP contribution in [-0.4, -0.2) is 36.9 Å². The number of carbonyl (C=O) groups is 1. The molecule has 3 rings (SSSR count). The largest absolute Gasteiger partial charge is 0.337 e. The molecule has 0 saturated heterocycles. The van der Waals surface area contributed by atoms with Gasteiger partial charge in [0.05, 0.1) is 11.8 Å². The highest BCUT2D eigenvalue weighted by Gasteiger charge is 2.32. The summed E-state index contributed by atoms with van der Waals surface area (Å²) in [7, 11) is 0. The first-order chi connectivity index (χ1) is 12.4. The highest BCUT2D eigenvalue weighted by Crippen LogP contribution is 2.40. The quantitative estimate of drug-likeness (QED) is 0.753. The average Bonchev–Trinajstić information content (AvgIpc) is 3.39. The van der Waals surface area contributed by atoms with Crippen molar-refractivity contribution in [1.82, 2.24) is 25.1 Å². The van der Waals surface area contributed by atoms with E-state index in [1.165, 1.54) is 11.8 Å². The molecule has 0 bridgehead atoms. The summed E-state index contributed by atoms with van der Waals surface area (Å²) in [5.74, 6) is 0.823. The van der Waals surface area contributed by atoms with Gasteiger partial charge in [-0.05, 0) is 37.8 Å². The molecule has 1 saturated carbocycles. The fourth-order valence-corrected chi connectivity index (χ4v) is 3.29. The van der Waals surface area contributed by atoms with E-state index in [0.717, 1.165) is 29.4 Å². The summed E-state index contributed by atoms with van der Waals surface area (Å²) in [4.78, 5) is 16.5. The summed E-state index contributed by atoms with van der Waals surface area (Å²) in [5.41, 5.74) is 0.0444. The second-order valence-corrected chi connectivity index (χ2v) is 7.90. The first-order valence-corrected chi connectivity index (χ1v) is 9.63. The third kappa shape index (κ3) is 3.88. The van der Waals surface area contributed by atoms with E-state index >= 15 is 0 Å². The maximum atomic E-state index is 12.3. The first-order valence-electron chi connectivity index (χ1n) is 8.65. The Labute approximate surface area is 157 Å². The van der Waals surface area contributed by atoms with Gasteiger partial charge in [0.15, 0.2) is 11.0 Å². The Kier molecular flexibility index (Phi) is 5.28. The van der Waals surface area contributed by atoms with Crippen LogP contribution in [0.5, 0.6) is 0 Å². The number of nitriles is 1. The van der Waals surface area contributed by atoms with E-state index in [1.807, 2.05) is 26.0 Å². The van der Waals surface area contributed by atoms with E-state index in [9.17, 15) is 10.1 Å². The van der Waals surface area contributed by atoms with Gasteiger partial charge in [0.1, 0.15) is 5.54 Å². The van der Waals surface area contributed by atoms with Crippen LogP contribution in [0.4, 0.5) is 0 Å². The zero-order chi connectivity index (χ0) is 18.7. The monoisotopic (exact) mass is 370 g/mol. The van der Waals surface area contributed by atoms with Crippen molar-refractivity contribution >= 4 is 17.7 Å². The molecule has 1 aliphatic rings. The highest BCUT2D eigenvalue weighted by molar-refractivity contribution is 7.99. The Balaban J connectivity index is 1.72. The molecule has 1 amide bonds. The fraction of sp³-hybridized carbons (Fsp3) is 0.500. The van der Waals surface area contributed by atoms with E-state index < -0.39 is 5.54 Å². The van der Waals surface area contributed by atoms with Crippen molar-refractivity contribution in [3.63, 3.8) is 0 Å². The summed E-state index contributed by atoms with van der Waals surface area (Å²) in [6, 6.07) is 6.40. The molecule has 0 aliphatic heterocycles. The second kappa shape index (κ2) is 7.46. The number of thioether (sulfide) groups is 1. The third-order valence-corrected chi connectivity index (χ3v) is 5.56. The summed E-state index contributed by atoms with van der Waals surface area (Å²) < 4.78 is 2.10. The minimum absolute atomic E-state index is 0.0220. The molecule has 0 radical (unpaired) electrons. The molecule has 1 fully saturated rings. The van der Waals surface area contributed by atoms with Crippen LogP contribution in [-0.2, 0) is 4.79 Å². The summed E-state index contributed by atoms with van der Waals surface area (Å²) in [6.45, 7) is 5.58. The predicted octanol–water partition coefficient (Wildman–Crippen LogP) is 2.82. The molecule has 2 aromatic rings. The van der Waals surface area contributed by atoms with Crippen LogP contribution < -0.4 is 5.32 Å². The van der Waals surface area contributed by atoms with Crippen molar-refractivity contribution in [2.75, 3.05) is 5.75 Å². The molecule has 1 aliphatic carbocycles.